The Morgan fingerprint density at radius 1 is 1.04 bits per heavy atom. The second-order valence-corrected chi connectivity index (χ2v) is 6.07. The zero-order chi connectivity index (χ0) is 19.8. The number of hydrogen-bond acceptors (Lipinski definition) is 7. The Bertz CT molecular complexity index is 784. The van der Waals surface area contributed by atoms with Crippen LogP contribution in [0.4, 0.5) is 17.1 Å². The van der Waals surface area contributed by atoms with Crippen LogP contribution in [0, 0.1) is 20.2 Å². The Hall–Kier alpha value is -3.04. The molecule has 2 N–H and O–H groups in total. The molecule has 0 radical (unpaired) electrons. The maximum Gasteiger partial charge on any atom is 0.299 e. The first-order chi connectivity index (χ1) is 12.9. The normalized spacial score (nSPS) is 11.8. The maximum absolute atomic E-state index is 11.5. The lowest BCUT2D eigenvalue weighted by molar-refractivity contribution is -0.393. The van der Waals surface area contributed by atoms with Crippen LogP contribution in [0.3, 0.4) is 0 Å². The van der Waals surface area contributed by atoms with Gasteiger partial charge >= 0.3 is 0 Å². The summed E-state index contributed by atoms with van der Waals surface area (Å²) in [4.78, 5) is 22.9. The standard InChI is InChI=1S/C18H21N3O6/c22-13-16(23)7-4-10-19(12-14-5-2-1-3-6-14)17-9-8-15(20(24)25)11-18(17)21(26)27/h1-3,5-6,8-9,11,16,22-23H,4,7,10,12-13H2. The summed E-state index contributed by atoms with van der Waals surface area (Å²) in [7, 11) is 0. The Kier molecular flexibility index (Phi) is 7.21. The molecule has 2 aromatic rings. The lowest BCUT2D eigenvalue weighted by atomic mass is 10.1. The number of rotatable bonds is 10. The zero-order valence-corrected chi connectivity index (χ0v) is 14.6. The number of aliphatic hydroxyl groups excluding tert-OH is 2. The summed E-state index contributed by atoms with van der Waals surface area (Å²) in [5.41, 5.74) is 0.504. The summed E-state index contributed by atoms with van der Waals surface area (Å²) >= 11 is 0. The average molecular weight is 375 g/mol. The third kappa shape index (κ3) is 5.73. The molecule has 2 aromatic carbocycles. The minimum atomic E-state index is -0.851. The first kappa shape index (κ1) is 20.3. The van der Waals surface area contributed by atoms with Crippen molar-refractivity contribution in [2.45, 2.75) is 25.5 Å². The Morgan fingerprint density at radius 3 is 2.33 bits per heavy atom. The fourth-order valence-corrected chi connectivity index (χ4v) is 2.74. The predicted octanol–water partition coefficient (Wildman–Crippen LogP) is 2.64. The molecule has 0 heterocycles. The first-order valence-corrected chi connectivity index (χ1v) is 8.43. The van der Waals surface area contributed by atoms with E-state index in [1.807, 2.05) is 30.3 Å². The van der Waals surface area contributed by atoms with Crippen LogP contribution in [0.25, 0.3) is 0 Å². The summed E-state index contributed by atoms with van der Waals surface area (Å²) in [6.07, 6.45) is -0.0268. The number of benzene rings is 2. The molecule has 0 fully saturated rings. The molecule has 0 amide bonds. The quantitative estimate of drug-likeness (QED) is 0.482. The summed E-state index contributed by atoms with van der Waals surface area (Å²) in [5, 5.41) is 40.9. The number of nitrogens with zero attached hydrogens (tertiary/aromatic N) is 3. The highest BCUT2D eigenvalue weighted by atomic mass is 16.6. The van der Waals surface area contributed by atoms with Crippen LogP contribution in [0.2, 0.25) is 0 Å². The molecule has 0 saturated heterocycles. The van der Waals surface area contributed by atoms with Crippen molar-refractivity contribution in [2.75, 3.05) is 18.1 Å². The predicted molar refractivity (Wildman–Crippen MR) is 99.6 cm³/mol. The van der Waals surface area contributed by atoms with Crippen LogP contribution < -0.4 is 4.90 Å². The summed E-state index contributed by atoms with van der Waals surface area (Å²) in [6, 6.07) is 12.9. The molecule has 0 saturated carbocycles. The Balaban J connectivity index is 2.33. The largest absolute Gasteiger partial charge is 0.394 e. The number of anilines is 1. The van der Waals surface area contributed by atoms with Gasteiger partial charge in [0.2, 0.25) is 0 Å². The van der Waals surface area contributed by atoms with Gasteiger partial charge in [-0.3, -0.25) is 20.2 Å². The second kappa shape index (κ2) is 9.60. The van der Waals surface area contributed by atoms with Crippen LogP contribution in [-0.4, -0.2) is 39.3 Å². The molecule has 0 aliphatic heterocycles. The van der Waals surface area contributed by atoms with Crippen molar-refractivity contribution < 1.29 is 20.1 Å². The van der Waals surface area contributed by atoms with Gasteiger partial charge in [-0.25, -0.2) is 0 Å². The molecule has 0 bridgehead atoms. The van der Waals surface area contributed by atoms with Gasteiger partial charge in [0.25, 0.3) is 11.4 Å². The highest BCUT2D eigenvalue weighted by molar-refractivity contribution is 5.67. The van der Waals surface area contributed by atoms with Crippen LogP contribution in [0.5, 0.6) is 0 Å². The lowest BCUT2D eigenvalue weighted by Gasteiger charge is -2.25. The summed E-state index contributed by atoms with van der Waals surface area (Å²) in [5.74, 6) is 0. The van der Waals surface area contributed by atoms with E-state index >= 15 is 0 Å². The third-order valence-electron chi connectivity index (χ3n) is 4.10. The van der Waals surface area contributed by atoms with E-state index in [0.29, 0.717) is 25.9 Å². The van der Waals surface area contributed by atoms with E-state index in [-0.39, 0.29) is 23.7 Å². The number of hydrogen-bond donors (Lipinski definition) is 2. The number of nitro groups is 2. The van der Waals surface area contributed by atoms with Crippen molar-refractivity contribution in [1.29, 1.82) is 0 Å². The summed E-state index contributed by atoms with van der Waals surface area (Å²) in [6.45, 7) is 0.398. The molecule has 144 valence electrons. The van der Waals surface area contributed by atoms with Gasteiger partial charge in [-0.1, -0.05) is 30.3 Å². The van der Waals surface area contributed by atoms with Crippen LogP contribution in [0.15, 0.2) is 48.5 Å². The van der Waals surface area contributed by atoms with E-state index < -0.39 is 16.0 Å². The molecule has 9 nitrogen and oxygen atoms in total. The SMILES string of the molecule is O=[N+]([O-])c1ccc(N(CCCC(O)CO)Cc2ccccc2)c([N+](=O)[O-])c1. The van der Waals surface area contributed by atoms with Gasteiger partial charge in [0.1, 0.15) is 5.69 Å². The van der Waals surface area contributed by atoms with Crippen molar-refractivity contribution in [3.8, 4) is 0 Å². The number of nitro benzene ring substituents is 2. The van der Waals surface area contributed by atoms with Crippen molar-refractivity contribution in [1.82, 2.24) is 0 Å². The Morgan fingerprint density at radius 2 is 1.74 bits per heavy atom. The lowest BCUT2D eigenvalue weighted by Crippen LogP contribution is -2.26. The highest BCUT2D eigenvalue weighted by Gasteiger charge is 2.23. The molecule has 1 atom stereocenters. The van der Waals surface area contributed by atoms with E-state index in [9.17, 15) is 25.3 Å². The minimum absolute atomic E-state index is 0.271. The van der Waals surface area contributed by atoms with E-state index in [1.54, 1.807) is 4.90 Å². The molecule has 0 aliphatic rings. The fourth-order valence-electron chi connectivity index (χ4n) is 2.74. The Labute approximate surface area is 155 Å². The van der Waals surface area contributed by atoms with Crippen molar-refractivity contribution >= 4 is 17.1 Å². The molecule has 0 aromatic heterocycles. The van der Waals surface area contributed by atoms with E-state index in [2.05, 4.69) is 0 Å². The topological polar surface area (TPSA) is 130 Å². The van der Waals surface area contributed by atoms with Crippen molar-refractivity contribution in [2.24, 2.45) is 0 Å². The van der Waals surface area contributed by atoms with Crippen LogP contribution in [-0.2, 0) is 6.54 Å². The van der Waals surface area contributed by atoms with Crippen LogP contribution >= 0.6 is 0 Å². The molecule has 0 aliphatic carbocycles. The minimum Gasteiger partial charge on any atom is -0.394 e. The zero-order valence-electron chi connectivity index (χ0n) is 14.6. The fraction of sp³-hybridized carbons (Fsp3) is 0.333. The number of aliphatic hydroxyl groups is 2. The van der Waals surface area contributed by atoms with Gasteiger partial charge < -0.3 is 15.1 Å². The van der Waals surface area contributed by atoms with Gasteiger partial charge in [-0.2, -0.15) is 0 Å². The first-order valence-electron chi connectivity index (χ1n) is 8.43. The van der Waals surface area contributed by atoms with E-state index in [0.717, 1.165) is 11.6 Å². The second-order valence-electron chi connectivity index (χ2n) is 6.07. The number of non-ortho nitro benzene ring substituents is 1. The van der Waals surface area contributed by atoms with Crippen molar-refractivity contribution in [3.05, 3.63) is 74.3 Å². The monoisotopic (exact) mass is 375 g/mol. The highest BCUT2D eigenvalue weighted by Crippen LogP contribution is 2.33. The molecular weight excluding hydrogens is 354 g/mol. The molecule has 0 spiro atoms. The van der Waals surface area contributed by atoms with Gasteiger partial charge in [-0.05, 0) is 24.5 Å². The molecular formula is C18H21N3O6. The van der Waals surface area contributed by atoms with Gasteiger partial charge in [0, 0.05) is 19.2 Å². The van der Waals surface area contributed by atoms with Gasteiger partial charge in [0.05, 0.1) is 28.6 Å². The molecule has 27 heavy (non-hydrogen) atoms. The average Bonchev–Trinajstić information content (AvgIpc) is 2.67. The van der Waals surface area contributed by atoms with Gasteiger partial charge in [-0.15, -0.1) is 0 Å². The molecule has 9 heteroatoms. The molecule has 2 rings (SSSR count). The molecule has 1 unspecified atom stereocenters. The maximum atomic E-state index is 11.5. The third-order valence-corrected chi connectivity index (χ3v) is 4.10. The van der Waals surface area contributed by atoms with Crippen molar-refractivity contribution in [3.63, 3.8) is 0 Å². The summed E-state index contributed by atoms with van der Waals surface area (Å²) < 4.78 is 0. The van der Waals surface area contributed by atoms with Crippen LogP contribution in [0.1, 0.15) is 18.4 Å². The van der Waals surface area contributed by atoms with E-state index in [1.165, 1.54) is 12.1 Å². The smallest absolute Gasteiger partial charge is 0.299 e. The van der Waals surface area contributed by atoms with Gasteiger partial charge in [0.15, 0.2) is 0 Å². The van der Waals surface area contributed by atoms with E-state index in [4.69, 9.17) is 5.11 Å².